The Morgan fingerprint density at radius 2 is 1.69 bits per heavy atom. The average Bonchev–Trinajstić information content (AvgIpc) is 2.27. The van der Waals surface area contributed by atoms with Crippen molar-refractivity contribution < 1.29 is 4.79 Å². The van der Waals surface area contributed by atoms with Crippen LogP contribution in [0.3, 0.4) is 0 Å². The molecule has 1 amide bonds. The van der Waals surface area contributed by atoms with Crippen LogP contribution in [0.5, 0.6) is 0 Å². The smallest absolute Gasteiger partial charge is 0.239 e. The monoisotopic (exact) mass is 222 g/mol. The van der Waals surface area contributed by atoms with Crippen molar-refractivity contribution in [3.8, 4) is 12.1 Å². The van der Waals surface area contributed by atoms with Gasteiger partial charge in [0.05, 0.1) is 31.0 Å². The number of hydrogen-bond donors (Lipinski definition) is 1. The van der Waals surface area contributed by atoms with Gasteiger partial charge in [-0.25, -0.2) is 0 Å². The molecule has 0 aliphatic rings. The van der Waals surface area contributed by atoms with E-state index in [2.05, 4.69) is 0 Å². The SMILES string of the molecule is CC(C)[C@@H](N)C(=O)N(CCC#N)CCC#N. The summed E-state index contributed by atoms with van der Waals surface area (Å²) in [5, 5.41) is 17.0. The Hall–Kier alpha value is -1.59. The molecule has 0 aromatic rings. The maximum absolute atomic E-state index is 11.9. The molecule has 0 aliphatic carbocycles. The topological polar surface area (TPSA) is 93.9 Å². The van der Waals surface area contributed by atoms with Crippen molar-refractivity contribution in [2.24, 2.45) is 11.7 Å². The van der Waals surface area contributed by atoms with Crippen LogP contribution >= 0.6 is 0 Å². The number of nitrogens with two attached hydrogens (primary N) is 1. The maximum atomic E-state index is 11.9. The van der Waals surface area contributed by atoms with Gasteiger partial charge in [0.2, 0.25) is 5.91 Å². The molecule has 0 aromatic heterocycles. The van der Waals surface area contributed by atoms with Gasteiger partial charge in [-0.05, 0) is 5.92 Å². The van der Waals surface area contributed by atoms with Gasteiger partial charge in [-0.15, -0.1) is 0 Å². The van der Waals surface area contributed by atoms with E-state index in [1.807, 2.05) is 26.0 Å². The Balaban J connectivity index is 4.44. The maximum Gasteiger partial charge on any atom is 0.239 e. The van der Waals surface area contributed by atoms with Crippen molar-refractivity contribution in [2.45, 2.75) is 32.7 Å². The van der Waals surface area contributed by atoms with Crippen LogP contribution in [-0.2, 0) is 4.79 Å². The molecule has 0 radical (unpaired) electrons. The molecule has 0 spiro atoms. The highest BCUT2D eigenvalue weighted by Crippen LogP contribution is 2.05. The lowest BCUT2D eigenvalue weighted by Crippen LogP contribution is -2.47. The van der Waals surface area contributed by atoms with Gasteiger partial charge in [0.25, 0.3) is 0 Å². The largest absolute Gasteiger partial charge is 0.339 e. The minimum Gasteiger partial charge on any atom is -0.339 e. The molecule has 1 atom stereocenters. The normalized spacial score (nSPS) is 11.6. The van der Waals surface area contributed by atoms with Crippen LogP contribution in [0.4, 0.5) is 0 Å². The van der Waals surface area contributed by atoms with Gasteiger partial charge in [0.1, 0.15) is 0 Å². The van der Waals surface area contributed by atoms with Crippen LogP contribution in [-0.4, -0.2) is 29.9 Å². The van der Waals surface area contributed by atoms with E-state index in [-0.39, 0.29) is 24.7 Å². The fourth-order valence-corrected chi connectivity index (χ4v) is 1.20. The van der Waals surface area contributed by atoms with Crippen LogP contribution in [0.25, 0.3) is 0 Å². The Kier molecular flexibility index (Phi) is 6.91. The highest BCUT2D eigenvalue weighted by molar-refractivity contribution is 5.81. The number of carbonyl (C=O) groups is 1. The second-order valence-electron chi connectivity index (χ2n) is 3.91. The Labute approximate surface area is 96.4 Å². The summed E-state index contributed by atoms with van der Waals surface area (Å²) < 4.78 is 0. The van der Waals surface area contributed by atoms with E-state index in [4.69, 9.17) is 16.3 Å². The van der Waals surface area contributed by atoms with E-state index in [0.717, 1.165) is 0 Å². The number of carbonyl (C=O) groups excluding carboxylic acids is 1. The van der Waals surface area contributed by atoms with Crippen LogP contribution in [0, 0.1) is 28.6 Å². The predicted molar refractivity (Wildman–Crippen MR) is 59.9 cm³/mol. The quantitative estimate of drug-likeness (QED) is 0.713. The van der Waals surface area contributed by atoms with Crippen molar-refractivity contribution >= 4 is 5.91 Å². The van der Waals surface area contributed by atoms with E-state index in [9.17, 15) is 4.79 Å². The fourth-order valence-electron chi connectivity index (χ4n) is 1.20. The van der Waals surface area contributed by atoms with Crippen molar-refractivity contribution in [3.05, 3.63) is 0 Å². The van der Waals surface area contributed by atoms with E-state index >= 15 is 0 Å². The first kappa shape index (κ1) is 14.4. The van der Waals surface area contributed by atoms with Crippen molar-refractivity contribution in [2.75, 3.05) is 13.1 Å². The summed E-state index contributed by atoms with van der Waals surface area (Å²) in [5.74, 6) is -0.125. The molecule has 0 aliphatic heterocycles. The van der Waals surface area contributed by atoms with Crippen molar-refractivity contribution in [3.63, 3.8) is 0 Å². The summed E-state index contributed by atoms with van der Waals surface area (Å²) in [6, 6.07) is 3.40. The molecule has 0 unspecified atom stereocenters. The third kappa shape index (κ3) is 4.77. The van der Waals surface area contributed by atoms with Gasteiger partial charge in [0, 0.05) is 13.1 Å². The third-order valence-corrected chi connectivity index (χ3v) is 2.30. The van der Waals surface area contributed by atoms with Gasteiger partial charge in [-0.2, -0.15) is 10.5 Å². The van der Waals surface area contributed by atoms with Gasteiger partial charge in [-0.3, -0.25) is 4.79 Å². The first-order valence-electron chi connectivity index (χ1n) is 5.32. The summed E-state index contributed by atoms with van der Waals surface area (Å²) in [5.41, 5.74) is 5.75. The zero-order chi connectivity index (χ0) is 12.6. The van der Waals surface area contributed by atoms with Crippen LogP contribution in [0.2, 0.25) is 0 Å². The lowest BCUT2D eigenvalue weighted by atomic mass is 10.0. The zero-order valence-electron chi connectivity index (χ0n) is 9.81. The number of amides is 1. The van der Waals surface area contributed by atoms with Gasteiger partial charge in [0.15, 0.2) is 0 Å². The fraction of sp³-hybridized carbons (Fsp3) is 0.727. The molecule has 16 heavy (non-hydrogen) atoms. The average molecular weight is 222 g/mol. The molecule has 0 saturated heterocycles. The van der Waals surface area contributed by atoms with Crippen LogP contribution < -0.4 is 5.73 Å². The molecule has 88 valence electrons. The minimum atomic E-state index is -0.558. The predicted octanol–water partition coefficient (Wildman–Crippen LogP) is 0.626. The summed E-state index contributed by atoms with van der Waals surface area (Å²) in [6.07, 6.45) is 0.532. The second-order valence-corrected chi connectivity index (χ2v) is 3.91. The second kappa shape index (κ2) is 7.67. The van der Waals surface area contributed by atoms with Gasteiger partial charge >= 0.3 is 0 Å². The minimum absolute atomic E-state index is 0.0548. The van der Waals surface area contributed by atoms with Crippen molar-refractivity contribution in [1.82, 2.24) is 4.90 Å². The van der Waals surface area contributed by atoms with Crippen LogP contribution in [0.1, 0.15) is 26.7 Å². The summed E-state index contributed by atoms with van der Waals surface area (Å²) in [4.78, 5) is 13.4. The van der Waals surface area contributed by atoms with Crippen LogP contribution in [0.15, 0.2) is 0 Å². The van der Waals surface area contributed by atoms with Gasteiger partial charge < -0.3 is 10.6 Å². The molecular weight excluding hydrogens is 204 g/mol. The first-order valence-corrected chi connectivity index (χ1v) is 5.32. The summed E-state index contributed by atoms with van der Waals surface area (Å²) >= 11 is 0. The number of rotatable bonds is 6. The Morgan fingerprint density at radius 1 is 1.25 bits per heavy atom. The number of hydrogen-bond acceptors (Lipinski definition) is 4. The molecule has 0 saturated carbocycles. The van der Waals surface area contributed by atoms with Gasteiger partial charge in [-0.1, -0.05) is 13.8 Å². The zero-order valence-corrected chi connectivity index (χ0v) is 9.81. The van der Waals surface area contributed by atoms with E-state index < -0.39 is 6.04 Å². The highest BCUT2D eigenvalue weighted by atomic mass is 16.2. The van der Waals surface area contributed by atoms with E-state index in [0.29, 0.717) is 13.1 Å². The molecule has 5 heteroatoms. The third-order valence-electron chi connectivity index (χ3n) is 2.30. The lowest BCUT2D eigenvalue weighted by Gasteiger charge is -2.25. The molecule has 0 aromatic carbocycles. The molecule has 0 fully saturated rings. The summed E-state index contributed by atoms with van der Waals surface area (Å²) in [7, 11) is 0. The highest BCUT2D eigenvalue weighted by Gasteiger charge is 2.22. The first-order chi connectivity index (χ1) is 7.54. The number of nitrogens with zero attached hydrogens (tertiary/aromatic N) is 3. The number of nitriles is 2. The molecule has 0 rings (SSSR count). The summed E-state index contributed by atoms with van der Waals surface area (Å²) in [6.45, 7) is 4.43. The molecule has 0 heterocycles. The van der Waals surface area contributed by atoms with Crippen molar-refractivity contribution in [1.29, 1.82) is 10.5 Å². The Bertz CT molecular complexity index is 282. The molecule has 5 nitrogen and oxygen atoms in total. The standard InChI is InChI=1S/C11H18N4O/c1-9(2)10(14)11(16)15(7-3-5-12)8-4-6-13/h9-10H,3-4,7-8,14H2,1-2H3/t10-/m1/s1. The Morgan fingerprint density at radius 3 is 2.00 bits per heavy atom. The lowest BCUT2D eigenvalue weighted by molar-refractivity contribution is -0.133. The molecular formula is C11H18N4O. The molecule has 0 bridgehead atoms. The van der Waals surface area contributed by atoms with E-state index in [1.165, 1.54) is 4.90 Å². The van der Waals surface area contributed by atoms with E-state index in [1.54, 1.807) is 0 Å². The molecule has 2 N–H and O–H groups in total.